The first-order valence-corrected chi connectivity index (χ1v) is 9.53. The highest BCUT2D eigenvalue weighted by atomic mass is 32.1. The predicted octanol–water partition coefficient (Wildman–Crippen LogP) is 4.32. The van der Waals surface area contributed by atoms with Gasteiger partial charge in [-0.25, -0.2) is 9.37 Å². The molecule has 0 radical (unpaired) electrons. The molecule has 3 rings (SSSR count). The Labute approximate surface area is 152 Å². The lowest BCUT2D eigenvalue weighted by Crippen LogP contribution is -2.38. The minimum Gasteiger partial charge on any atom is -0.298 e. The third-order valence-corrected chi connectivity index (χ3v) is 5.34. The van der Waals surface area contributed by atoms with Crippen molar-refractivity contribution in [2.75, 3.05) is 18.4 Å². The van der Waals surface area contributed by atoms with Gasteiger partial charge in [-0.3, -0.25) is 15.0 Å². The van der Waals surface area contributed by atoms with Gasteiger partial charge < -0.3 is 0 Å². The number of rotatable bonds is 4. The molecule has 1 fully saturated rings. The van der Waals surface area contributed by atoms with Gasteiger partial charge in [-0.2, -0.15) is 0 Å². The zero-order chi connectivity index (χ0) is 18.0. The average molecular weight is 361 g/mol. The number of nitrogens with one attached hydrogen (secondary N) is 1. The minimum atomic E-state index is -0.374. The first-order valence-electron chi connectivity index (χ1n) is 8.65. The molecule has 2 heterocycles. The molecule has 1 amide bonds. The van der Waals surface area contributed by atoms with Crippen LogP contribution in [0.5, 0.6) is 0 Å². The van der Waals surface area contributed by atoms with Gasteiger partial charge >= 0.3 is 0 Å². The summed E-state index contributed by atoms with van der Waals surface area (Å²) in [6, 6.07) is 4.49. The molecule has 1 aromatic carbocycles. The number of aryl methyl sites for hydroxylation is 1. The van der Waals surface area contributed by atoms with Crippen LogP contribution in [0.25, 0.3) is 0 Å². The predicted molar refractivity (Wildman–Crippen MR) is 99.4 cm³/mol. The maximum absolute atomic E-state index is 13.6. The summed E-state index contributed by atoms with van der Waals surface area (Å²) in [4.78, 5) is 19.2. The van der Waals surface area contributed by atoms with E-state index >= 15 is 0 Å². The van der Waals surface area contributed by atoms with E-state index in [2.05, 4.69) is 29.0 Å². The summed E-state index contributed by atoms with van der Waals surface area (Å²) in [5.74, 6) is 0.705. The third kappa shape index (κ3) is 4.64. The number of thiazole rings is 1. The molecule has 134 valence electrons. The minimum absolute atomic E-state index is 0.304. The second kappa shape index (κ2) is 7.62. The van der Waals surface area contributed by atoms with Crippen LogP contribution in [-0.4, -0.2) is 28.9 Å². The lowest BCUT2D eigenvalue weighted by atomic mass is 9.92. The number of amides is 1. The van der Waals surface area contributed by atoms with E-state index in [1.54, 1.807) is 19.1 Å². The molecule has 1 aliphatic heterocycles. The zero-order valence-corrected chi connectivity index (χ0v) is 15.7. The lowest BCUT2D eigenvalue weighted by Gasteiger charge is -2.34. The Kier molecular flexibility index (Phi) is 5.49. The third-order valence-electron chi connectivity index (χ3n) is 4.54. The highest BCUT2D eigenvalue weighted by molar-refractivity contribution is 7.13. The molecule has 1 N–H and O–H groups in total. The van der Waals surface area contributed by atoms with E-state index in [4.69, 9.17) is 0 Å². The Morgan fingerprint density at radius 3 is 2.76 bits per heavy atom. The highest BCUT2D eigenvalue weighted by Crippen LogP contribution is 2.24. The van der Waals surface area contributed by atoms with Gasteiger partial charge in [0.2, 0.25) is 0 Å². The van der Waals surface area contributed by atoms with Crippen LogP contribution in [0.2, 0.25) is 0 Å². The second-order valence-electron chi connectivity index (χ2n) is 7.20. The number of piperidine rings is 1. The smallest absolute Gasteiger partial charge is 0.257 e. The molecular weight excluding hydrogens is 337 g/mol. The van der Waals surface area contributed by atoms with Crippen molar-refractivity contribution in [2.45, 2.75) is 33.7 Å². The van der Waals surface area contributed by atoms with Gasteiger partial charge in [0.1, 0.15) is 5.82 Å². The monoisotopic (exact) mass is 361 g/mol. The van der Waals surface area contributed by atoms with Crippen molar-refractivity contribution >= 4 is 22.4 Å². The number of benzene rings is 1. The maximum Gasteiger partial charge on any atom is 0.257 e. The molecule has 4 nitrogen and oxygen atoms in total. The van der Waals surface area contributed by atoms with Gasteiger partial charge in [0.15, 0.2) is 5.13 Å². The molecule has 2 unspecified atom stereocenters. The van der Waals surface area contributed by atoms with Crippen molar-refractivity contribution in [1.82, 2.24) is 9.88 Å². The van der Waals surface area contributed by atoms with Crippen LogP contribution >= 0.6 is 11.3 Å². The number of hydrogen-bond acceptors (Lipinski definition) is 4. The maximum atomic E-state index is 13.6. The number of aromatic nitrogens is 1. The molecule has 1 aliphatic rings. The Morgan fingerprint density at radius 2 is 2.08 bits per heavy atom. The van der Waals surface area contributed by atoms with E-state index in [1.807, 2.05) is 5.38 Å². The van der Waals surface area contributed by atoms with Gasteiger partial charge in [0.25, 0.3) is 5.91 Å². The summed E-state index contributed by atoms with van der Waals surface area (Å²) >= 11 is 1.41. The summed E-state index contributed by atoms with van der Waals surface area (Å²) < 4.78 is 13.6. The number of nitrogens with zero attached hydrogens (tertiary/aromatic N) is 2. The van der Waals surface area contributed by atoms with Gasteiger partial charge in [-0.05, 0) is 42.9 Å². The van der Waals surface area contributed by atoms with Crippen molar-refractivity contribution in [3.63, 3.8) is 0 Å². The van der Waals surface area contributed by atoms with E-state index in [9.17, 15) is 9.18 Å². The fourth-order valence-electron chi connectivity index (χ4n) is 3.49. The summed E-state index contributed by atoms with van der Waals surface area (Å²) in [6.07, 6.45) is 1.28. The quantitative estimate of drug-likeness (QED) is 0.882. The van der Waals surface area contributed by atoms with E-state index in [-0.39, 0.29) is 11.7 Å². The van der Waals surface area contributed by atoms with Crippen LogP contribution in [-0.2, 0) is 6.54 Å². The van der Waals surface area contributed by atoms with Gasteiger partial charge in [0, 0.05) is 30.6 Å². The molecule has 0 saturated carbocycles. The first kappa shape index (κ1) is 18.0. The van der Waals surface area contributed by atoms with Crippen LogP contribution in [0.3, 0.4) is 0 Å². The first-order chi connectivity index (χ1) is 11.9. The van der Waals surface area contributed by atoms with Crippen LogP contribution in [0.1, 0.15) is 41.9 Å². The molecule has 0 spiro atoms. The van der Waals surface area contributed by atoms with Crippen molar-refractivity contribution in [2.24, 2.45) is 11.8 Å². The molecule has 25 heavy (non-hydrogen) atoms. The van der Waals surface area contributed by atoms with Gasteiger partial charge in [-0.1, -0.05) is 19.9 Å². The number of carbonyl (C=O) groups excluding carboxylic acids is 1. The molecule has 0 bridgehead atoms. The Bertz CT molecular complexity index is 751. The SMILES string of the molecule is Cc1ccc(C(=O)Nc2nc(CN3CC(C)CC(C)C3)cs2)cc1F. The Balaban J connectivity index is 1.61. The molecule has 1 aromatic heterocycles. The topological polar surface area (TPSA) is 45.2 Å². The number of halogens is 1. The summed E-state index contributed by atoms with van der Waals surface area (Å²) in [5, 5.41) is 5.30. The summed E-state index contributed by atoms with van der Waals surface area (Å²) in [7, 11) is 0. The molecule has 2 atom stereocenters. The highest BCUT2D eigenvalue weighted by Gasteiger charge is 2.22. The van der Waals surface area contributed by atoms with Crippen molar-refractivity contribution in [3.8, 4) is 0 Å². The second-order valence-corrected chi connectivity index (χ2v) is 8.06. The molecule has 0 aliphatic carbocycles. The normalized spacial score (nSPS) is 21.3. The van der Waals surface area contributed by atoms with E-state index < -0.39 is 0 Å². The van der Waals surface area contributed by atoms with Crippen molar-refractivity contribution in [1.29, 1.82) is 0 Å². The standard InChI is InChI=1S/C19H24FN3OS/c1-12-6-13(2)9-23(8-12)10-16-11-25-19(21-16)22-18(24)15-5-4-14(3)17(20)7-15/h4-5,7,11-13H,6,8-10H2,1-3H3,(H,21,22,24). The Hall–Kier alpha value is -1.79. The van der Waals surface area contributed by atoms with Gasteiger partial charge in [0.05, 0.1) is 5.69 Å². The van der Waals surface area contributed by atoms with Crippen LogP contribution < -0.4 is 5.32 Å². The van der Waals surface area contributed by atoms with Crippen molar-refractivity contribution < 1.29 is 9.18 Å². The van der Waals surface area contributed by atoms with Gasteiger partial charge in [-0.15, -0.1) is 11.3 Å². The summed E-state index contributed by atoms with van der Waals surface area (Å²) in [6.45, 7) is 9.23. The fourth-order valence-corrected chi connectivity index (χ4v) is 4.19. The number of anilines is 1. The molecule has 6 heteroatoms. The van der Waals surface area contributed by atoms with Crippen LogP contribution in [0, 0.1) is 24.6 Å². The Morgan fingerprint density at radius 1 is 1.36 bits per heavy atom. The van der Waals surface area contributed by atoms with Crippen LogP contribution in [0.4, 0.5) is 9.52 Å². The molecule has 2 aromatic rings. The van der Waals surface area contributed by atoms with Crippen LogP contribution in [0.15, 0.2) is 23.6 Å². The van der Waals surface area contributed by atoms with E-state index in [1.165, 1.54) is 23.8 Å². The average Bonchev–Trinajstić information content (AvgIpc) is 2.95. The molecular formula is C19H24FN3OS. The lowest BCUT2D eigenvalue weighted by molar-refractivity contribution is 0.102. The summed E-state index contributed by atoms with van der Waals surface area (Å²) in [5.41, 5.74) is 1.80. The largest absolute Gasteiger partial charge is 0.298 e. The number of carbonyl (C=O) groups is 1. The zero-order valence-electron chi connectivity index (χ0n) is 14.9. The van der Waals surface area contributed by atoms with E-state index in [0.717, 1.165) is 25.3 Å². The van der Waals surface area contributed by atoms with E-state index in [0.29, 0.717) is 28.1 Å². The van der Waals surface area contributed by atoms with Crippen molar-refractivity contribution in [3.05, 3.63) is 46.2 Å². The number of hydrogen-bond donors (Lipinski definition) is 1. The fraction of sp³-hybridized carbons (Fsp3) is 0.474. The number of likely N-dealkylation sites (tertiary alicyclic amines) is 1. The molecule has 1 saturated heterocycles.